The van der Waals surface area contributed by atoms with Crippen LogP contribution in [0.5, 0.6) is 0 Å². The molecule has 0 aliphatic heterocycles. The molecule has 0 bridgehead atoms. The van der Waals surface area contributed by atoms with Crippen LogP contribution < -0.4 is 0 Å². The molecule has 0 aliphatic carbocycles. The van der Waals surface area contributed by atoms with Gasteiger partial charge in [-0.05, 0) is 68.1 Å². The van der Waals surface area contributed by atoms with E-state index in [0.29, 0.717) is 17.5 Å². The van der Waals surface area contributed by atoms with E-state index in [4.69, 9.17) is 19.4 Å². The topological polar surface area (TPSA) is 51.8 Å². The first-order valence-corrected chi connectivity index (χ1v) is 17.1. The van der Waals surface area contributed by atoms with Crippen LogP contribution in [-0.4, -0.2) is 15.0 Å². The molecule has 0 atom stereocenters. The molecule has 10 aromatic rings. The van der Waals surface area contributed by atoms with Crippen molar-refractivity contribution in [2.45, 2.75) is 0 Å². The van der Waals surface area contributed by atoms with Crippen LogP contribution in [0.4, 0.5) is 0 Å². The minimum atomic E-state index is 0.596. The molecular weight excluding hydrogens is 623 g/mol. The third kappa shape index (κ3) is 5.13. The molecule has 0 saturated heterocycles. The van der Waals surface area contributed by atoms with Crippen molar-refractivity contribution in [1.82, 2.24) is 15.0 Å². The SMILES string of the molecule is c1ccc(-c2nc(-c3ccc(-c4ccc5ccccc5c4)cc3)nc(-c3cccc4oc5cccc(-c6ccc7ccccc7c6)c5c34)n2)cc1. The zero-order chi connectivity index (χ0) is 33.7. The molecule has 0 amide bonds. The number of fused-ring (bicyclic) bond motifs is 5. The van der Waals surface area contributed by atoms with Crippen LogP contribution in [-0.2, 0) is 0 Å². The van der Waals surface area contributed by atoms with Gasteiger partial charge in [0.25, 0.3) is 0 Å². The van der Waals surface area contributed by atoms with E-state index in [1.165, 1.54) is 27.1 Å². The van der Waals surface area contributed by atoms with E-state index < -0.39 is 0 Å². The number of aromatic nitrogens is 3. The largest absolute Gasteiger partial charge is 0.456 e. The van der Waals surface area contributed by atoms with Crippen molar-refractivity contribution in [3.63, 3.8) is 0 Å². The number of hydrogen-bond acceptors (Lipinski definition) is 4. The standard InChI is InChI=1S/C47H29N3O/c1-2-12-33(13-3-1)45-48-46(34-24-20-32(21-25-34)37-26-22-30-10-4-6-14-35(30)28-37)50-47(49-45)40-17-9-19-42-44(40)43-39(16-8-18-41(43)51-42)38-27-23-31-11-5-7-15-36(31)29-38/h1-29H. The third-order valence-electron chi connectivity index (χ3n) is 9.72. The highest BCUT2D eigenvalue weighted by molar-refractivity contribution is 6.17. The molecule has 51 heavy (non-hydrogen) atoms. The van der Waals surface area contributed by atoms with Crippen molar-refractivity contribution in [3.05, 3.63) is 176 Å². The molecule has 4 nitrogen and oxygen atoms in total. The number of nitrogens with zero attached hydrogens (tertiary/aromatic N) is 3. The molecular formula is C47H29N3O. The molecule has 0 N–H and O–H groups in total. The van der Waals surface area contributed by atoms with E-state index >= 15 is 0 Å². The van der Waals surface area contributed by atoms with E-state index in [-0.39, 0.29) is 0 Å². The molecule has 0 radical (unpaired) electrons. The summed E-state index contributed by atoms with van der Waals surface area (Å²) in [5, 5.41) is 6.89. The van der Waals surface area contributed by atoms with Crippen LogP contribution in [0.1, 0.15) is 0 Å². The van der Waals surface area contributed by atoms with Gasteiger partial charge in [0, 0.05) is 27.5 Å². The van der Waals surface area contributed by atoms with Crippen molar-refractivity contribution in [1.29, 1.82) is 0 Å². The third-order valence-corrected chi connectivity index (χ3v) is 9.72. The van der Waals surface area contributed by atoms with Gasteiger partial charge in [-0.2, -0.15) is 0 Å². The number of rotatable bonds is 5. The fourth-order valence-electron chi connectivity index (χ4n) is 7.17. The van der Waals surface area contributed by atoms with Gasteiger partial charge in [0.1, 0.15) is 11.2 Å². The highest BCUT2D eigenvalue weighted by Crippen LogP contribution is 2.42. The molecule has 10 rings (SSSR count). The molecule has 2 heterocycles. The molecule has 0 saturated carbocycles. The highest BCUT2D eigenvalue weighted by Gasteiger charge is 2.20. The molecule has 8 aromatic carbocycles. The molecule has 2 aromatic heterocycles. The normalized spacial score (nSPS) is 11.5. The van der Waals surface area contributed by atoms with Crippen molar-refractivity contribution < 1.29 is 4.42 Å². The Balaban J connectivity index is 1.15. The maximum absolute atomic E-state index is 6.50. The summed E-state index contributed by atoms with van der Waals surface area (Å²) < 4.78 is 6.50. The zero-order valence-corrected chi connectivity index (χ0v) is 27.5. The Morgan fingerprint density at radius 3 is 1.43 bits per heavy atom. The molecule has 0 unspecified atom stereocenters. The minimum Gasteiger partial charge on any atom is -0.456 e. The van der Waals surface area contributed by atoms with E-state index in [1.54, 1.807) is 0 Å². The molecule has 0 spiro atoms. The van der Waals surface area contributed by atoms with E-state index in [2.05, 4.69) is 127 Å². The van der Waals surface area contributed by atoms with Gasteiger partial charge in [0.15, 0.2) is 17.5 Å². The summed E-state index contributed by atoms with van der Waals surface area (Å²) in [5.41, 5.74) is 8.89. The lowest BCUT2D eigenvalue weighted by molar-refractivity contribution is 0.669. The summed E-state index contributed by atoms with van der Waals surface area (Å²) in [5.74, 6) is 1.83. The summed E-state index contributed by atoms with van der Waals surface area (Å²) in [4.78, 5) is 15.3. The number of furan rings is 1. The van der Waals surface area contributed by atoms with Gasteiger partial charge < -0.3 is 4.42 Å². The zero-order valence-electron chi connectivity index (χ0n) is 27.5. The molecule has 0 fully saturated rings. The Labute approximate surface area is 294 Å². The summed E-state index contributed by atoms with van der Waals surface area (Å²) in [6.07, 6.45) is 0. The minimum absolute atomic E-state index is 0.596. The van der Waals surface area contributed by atoms with Gasteiger partial charge in [-0.25, -0.2) is 15.0 Å². The monoisotopic (exact) mass is 651 g/mol. The van der Waals surface area contributed by atoms with Crippen molar-refractivity contribution >= 4 is 43.5 Å². The Bertz CT molecular complexity index is 2910. The quantitative estimate of drug-likeness (QED) is 0.186. The van der Waals surface area contributed by atoms with Crippen molar-refractivity contribution in [2.24, 2.45) is 0 Å². The van der Waals surface area contributed by atoms with E-state index in [1.807, 2.05) is 48.5 Å². The second-order valence-electron chi connectivity index (χ2n) is 12.8. The number of benzene rings is 8. The summed E-state index contributed by atoms with van der Waals surface area (Å²) in [7, 11) is 0. The number of hydrogen-bond donors (Lipinski definition) is 0. The predicted molar refractivity (Wildman–Crippen MR) is 209 cm³/mol. The van der Waals surface area contributed by atoms with E-state index in [9.17, 15) is 0 Å². The van der Waals surface area contributed by atoms with Gasteiger partial charge in [-0.1, -0.05) is 152 Å². The first-order valence-electron chi connectivity index (χ1n) is 17.1. The van der Waals surface area contributed by atoms with Crippen LogP contribution in [0.2, 0.25) is 0 Å². The fourth-order valence-corrected chi connectivity index (χ4v) is 7.17. The Kier molecular flexibility index (Phi) is 6.78. The Morgan fingerprint density at radius 2 is 0.765 bits per heavy atom. The van der Waals surface area contributed by atoms with Gasteiger partial charge >= 0.3 is 0 Å². The maximum atomic E-state index is 6.50. The van der Waals surface area contributed by atoms with Crippen molar-refractivity contribution in [3.8, 4) is 56.4 Å². The van der Waals surface area contributed by atoms with Crippen LogP contribution in [0.3, 0.4) is 0 Å². The first kappa shape index (κ1) is 29.0. The average molecular weight is 652 g/mol. The summed E-state index contributed by atoms with van der Waals surface area (Å²) in [6.45, 7) is 0. The molecule has 0 aliphatic rings. The average Bonchev–Trinajstić information content (AvgIpc) is 3.60. The summed E-state index contributed by atoms with van der Waals surface area (Å²) >= 11 is 0. The van der Waals surface area contributed by atoms with Crippen LogP contribution in [0.25, 0.3) is 99.9 Å². The van der Waals surface area contributed by atoms with Gasteiger partial charge in [0.05, 0.1) is 0 Å². The van der Waals surface area contributed by atoms with Crippen LogP contribution in [0, 0.1) is 0 Å². The Morgan fingerprint density at radius 1 is 0.294 bits per heavy atom. The van der Waals surface area contributed by atoms with E-state index in [0.717, 1.165) is 55.3 Å². The lowest BCUT2D eigenvalue weighted by Crippen LogP contribution is -2.00. The molecule has 4 heteroatoms. The lowest BCUT2D eigenvalue weighted by Gasteiger charge is -2.11. The lowest BCUT2D eigenvalue weighted by atomic mass is 9.95. The molecule has 238 valence electrons. The van der Waals surface area contributed by atoms with Gasteiger partial charge in [0.2, 0.25) is 0 Å². The second kappa shape index (κ2) is 11.9. The highest BCUT2D eigenvalue weighted by atomic mass is 16.3. The maximum Gasteiger partial charge on any atom is 0.164 e. The summed E-state index contributed by atoms with van der Waals surface area (Å²) in [6, 6.07) is 61.1. The Hall–Kier alpha value is -6.91. The van der Waals surface area contributed by atoms with Crippen LogP contribution in [0.15, 0.2) is 180 Å². The fraction of sp³-hybridized carbons (Fsp3) is 0. The van der Waals surface area contributed by atoms with Crippen molar-refractivity contribution in [2.75, 3.05) is 0 Å². The van der Waals surface area contributed by atoms with Gasteiger partial charge in [-0.3, -0.25) is 0 Å². The second-order valence-corrected chi connectivity index (χ2v) is 12.8. The predicted octanol–water partition coefficient (Wildman–Crippen LogP) is 12.4. The first-order chi connectivity index (χ1) is 25.2. The van der Waals surface area contributed by atoms with Gasteiger partial charge in [-0.15, -0.1) is 0 Å². The smallest absolute Gasteiger partial charge is 0.164 e. The van der Waals surface area contributed by atoms with Crippen LogP contribution >= 0.6 is 0 Å².